The van der Waals surface area contributed by atoms with E-state index >= 15 is 0 Å². The molecule has 31 heavy (non-hydrogen) atoms. The molecule has 0 aliphatic rings. The molecule has 0 aromatic heterocycles. The second-order valence-corrected chi connectivity index (χ2v) is 11.0. The predicted octanol–water partition coefficient (Wildman–Crippen LogP) is 6.84. The Kier molecular flexibility index (Phi) is 10.4. The maximum Gasteiger partial charge on any atom is 0.0700 e. The Morgan fingerprint density at radius 2 is 1.23 bits per heavy atom. The second kappa shape index (κ2) is 13.2. The molecule has 0 bridgehead atoms. The summed E-state index contributed by atoms with van der Waals surface area (Å²) in [4.78, 5) is 5.55. The lowest BCUT2D eigenvalue weighted by atomic mass is 10.1. The molecule has 0 spiro atoms. The largest absolute Gasteiger partial charge is 0.378 e. The third kappa shape index (κ3) is 7.33. The van der Waals surface area contributed by atoms with Gasteiger partial charge in [-0.15, -0.1) is 11.8 Å². The first-order valence-corrected chi connectivity index (χ1v) is 13.6. The van der Waals surface area contributed by atoms with E-state index in [1.165, 1.54) is 30.7 Å². The first kappa shape index (κ1) is 24.3. The van der Waals surface area contributed by atoms with E-state index in [1.807, 2.05) is 11.8 Å². The Balaban J connectivity index is 1.70. The number of hydrogen-bond donors (Lipinski definition) is 2. The summed E-state index contributed by atoms with van der Waals surface area (Å²) in [5, 5.41) is 0. The summed E-state index contributed by atoms with van der Waals surface area (Å²) in [6.45, 7) is 7.16. The minimum Gasteiger partial charge on any atom is -0.378 e. The summed E-state index contributed by atoms with van der Waals surface area (Å²) in [6, 6.07) is 26.5. The fourth-order valence-electron chi connectivity index (χ4n) is 3.47. The average Bonchev–Trinajstić information content (AvgIpc) is 2.79. The predicted molar refractivity (Wildman–Crippen MR) is 139 cm³/mol. The zero-order valence-electron chi connectivity index (χ0n) is 18.3. The van der Waals surface area contributed by atoms with Crippen LogP contribution in [0.5, 0.6) is 0 Å². The molecule has 0 fully saturated rings. The van der Waals surface area contributed by atoms with Crippen LogP contribution in [0.25, 0.3) is 0 Å². The molecule has 0 aliphatic carbocycles. The molecular weight excluding hydrogens is 440 g/mol. The van der Waals surface area contributed by atoms with Crippen molar-refractivity contribution in [2.75, 3.05) is 37.9 Å². The summed E-state index contributed by atoms with van der Waals surface area (Å²) in [5.41, 5.74) is 2.69. The smallest absolute Gasteiger partial charge is 0.0700 e. The van der Waals surface area contributed by atoms with Crippen molar-refractivity contribution in [3.8, 4) is 0 Å². The van der Waals surface area contributed by atoms with Gasteiger partial charge in [-0.05, 0) is 76.1 Å². The summed E-state index contributed by atoms with van der Waals surface area (Å²) < 4.78 is 11.1. The highest BCUT2D eigenvalue weighted by molar-refractivity contribution is 8.17. The number of hydrogen-bond acceptors (Lipinski definition) is 4. The molecule has 3 aromatic carbocycles. The molecule has 0 amide bonds. The number of rotatable bonds is 12. The van der Waals surface area contributed by atoms with Gasteiger partial charge in [0.2, 0.25) is 0 Å². The lowest BCUT2D eigenvalue weighted by Gasteiger charge is -2.25. The van der Waals surface area contributed by atoms with Crippen LogP contribution < -0.4 is 0 Å². The highest BCUT2D eigenvalue weighted by atomic mass is 32.2. The SMILES string of the molecule is Cc1cc([SH](c2ccccc2)c2ccccc2)cc(C)c1SCCOCCOCCS. The van der Waals surface area contributed by atoms with Crippen molar-refractivity contribution in [2.45, 2.75) is 33.4 Å². The fourth-order valence-corrected chi connectivity index (χ4v) is 7.06. The van der Waals surface area contributed by atoms with Gasteiger partial charge in [0.15, 0.2) is 0 Å². The van der Waals surface area contributed by atoms with Crippen LogP contribution in [-0.4, -0.2) is 37.9 Å². The van der Waals surface area contributed by atoms with Gasteiger partial charge in [0, 0.05) is 16.4 Å². The Labute approximate surface area is 199 Å². The van der Waals surface area contributed by atoms with Gasteiger partial charge in [-0.25, -0.2) is 0 Å². The topological polar surface area (TPSA) is 18.5 Å². The van der Waals surface area contributed by atoms with Crippen molar-refractivity contribution in [1.82, 2.24) is 0 Å². The van der Waals surface area contributed by atoms with Crippen molar-refractivity contribution < 1.29 is 9.47 Å². The Morgan fingerprint density at radius 3 is 1.74 bits per heavy atom. The highest BCUT2D eigenvalue weighted by Crippen LogP contribution is 2.52. The molecule has 5 heteroatoms. The van der Waals surface area contributed by atoms with Gasteiger partial charge in [-0.2, -0.15) is 23.5 Å². The minimum atomic E-state index is -0.570. The number of benzene rings is 3. The van der Waals surface area contributed by atoms with Gasteiger partial charge >= 0.3 is 0 Å². The van der Waals surface area contributed by atoms with E-state index in [0.717, 1.165) is 18.1 Å². The van der Waals surface area contributed by atoms with Crippen LogP contribution in [0.1, 0.15) is 11.1 Å². The van der Waals surface area contributed by atoms with E-state index in [2.05, 4.69) is 99.3 Å². The van der Waals surface area contributed by atoms with Crippen molar-refractivity contribution in [3.63, 3.8) is 0 Å². The molecule has 3 rings (SSSR count). The van der Waals surface area contributed by atoms with Gasteiger partial charge in [0.1, 0.15) is 0 Å². The summed E-state index contributed by atoms with van der Waals surface area (Å²) in [6.07, 6.45) is 0. The van der Waals surface area contributed by atoms with Gasteiger partial charge < -0.3 is 9.47 Å². The maximum atomic E-state index is 5.69. The standard InChI is InChI=1S/C26H32O2S3/c1-21-19-25(20-22(2)26(21)30-18-16-28-14-13-27-15-17-29)31(23-9-5-3-6-10-23)24-11-7-4-8-12-24/h3-12,19-20,29,31H,13-18H2,1-2H3. The van der Waals surface area contributed by atoms with Gasteiger partial charge in [0.25, 0.3) is 0 Å². The first-order valence-electron chi connectivity index (χ1n) is 10.6. The van der Waals surface area contributed by atoms with E-state index in [-0.39, 0.29) is 0 Å². The molecule has 3 aromatic rings. The summed E-state index contributed by atoms with van der Waals surface area (Å²) in [7, 11) is -0.570. The van der Waals surface area contributed by atoms with E-state index < -0.39 is 10.9 Å². The van der Waals surface area contributed by atoms with E-state index in [1.54, 1.807) is 0 Å². The molecule has 0 saturated carbocycles. The molecule has 0 saturated heterocycles. The van der Waals surface area contributed by atoms with Crippen LogP contribution in [0.4, 0.5) is 0 Å². The average molecular weight is 473 g/mol. The van der Waals surface area contributed by atoms with Crippen LogP contribution in [0, 0.1) is 13.8 Å². The number of ether oxygens (including phenoxy) is 2. The molecule has 0 unspecified atom stereocenters. The third-order valence-corrected chi connectivity index (χ3v) is 8.70. The molecular formula is C26H32O2S3. The Hall–Kier alpha value is -1.37. The fraction of sp³-hybridized carbons (Fsp3) is 0.308. The van der Waals surface area contributed by atoms with Crippen molar-refractivity contribution in [2.24, 2.45) is 0 Å². The van der Waals surface area contributed by atoms with E-state index in [9.17, 15) is 0 Å². The van der Waals surface area contributed by atoms with Crippen LogP contribution in [0.15, 0.2) is 92.4 Å². The number of thiol groups is 2. The molecule has 0 heterocycles. The van der Waals surface area contributed by atoms with Crippen LogP contribution in [0.2, 0.25) is 0 Å². The molecule has 2 nitrogen and oxygen atoms in total. The molecule has 0 radical (unpaired) electrons. The van der Waals surface area contributed by atoms with Gasteiger partial charge in [-0.3, -0.25) is 0 Å². The second-order valence-electron chi connectivity index (χ2n) is 7.21. The molecule has 166 valence electrons. The minimum absolute atomic E-state index is 0.570. The van der Waals surface area contributed by atoms with Crippen LogP contribution in [-0.2, 0) is 9.47 Å². The monoisotopic (exact) mass is 472 g/mol. The van der Waals surface area contributed by atoms with Crippen LogP contribution in [0.3, 0.4) is 0 Å². The Bertz CT molecular complexity index is 854. The highest BCUT2D eigenvalue weighted by Gasteiger charge is 2.15. The zero-order valence-corrected chi connectivity index (χ0v) is 20.9. The van der Waals surface area contributed by atoms with E-state index in [0.29, 0.717) is 19.8 Å². The Morgan fingerprint density at radius 1 is 0.710 bits per heavy atom. The number of aryl methyl sites for hydroxylation is 2. The van der Waals surface area contributed by atoms with Crippen molar-refractivity contribution in [3.05, 3.63) is 83.9 Å². The maximum absolute atomic E-state index is 5.69. The summed E-state index contributed by atoms with van der Waals surface area (Å²) >= 11 is 6.01. The molecule has 0 aliphatic heterocycles. The quantitative estimate of drug-likeness (QED) is 0.171. The first-order chi connectivity index (χ1) is 15.2. The lowest BCUT2D eigenvalue weighted by Crippen LogP contribution is -2.07. The number of thioether (sulfide) groups is 1. The third-order valence-electron chi connectivity index (χ3n) is 4.81. The zero-order chi connectivity index (χ0) is 21.9. The molecule has 0 N–H and O–H groups in total. The van der Waals surface area contributed by atoms with Gasteiger partial charge in [0.05, 0.1) is 26.4 Å². The normalized spacial score (nSPS) is 11.5. The van der Waals surface area contributed by atoms with Crippen molar-refractivity contribution in [1.29, 1.82) is 0 Å². The van der Waals surface area contributed by atoms with E-state index in [4.69, 9.17) is 9.47 Å². The van der Waals surface area contributed by atoms with Crippen LogP contribution >= 0.6 is 35.3 Å². The summed E-state index contributed by atoms with van der Waals surface area (Å²) in [5.74, 6) is 1.70. The van der Waals surface area contributed by atoms with Crippen molar-refractivity contribution >= 4 is 35.3 Å². The molecule has 0 atom stereocenters. The lowest BCUT2D eigenvalue weighted by molar-refractivity contribution is 0.0606. The van der Waals surface area contributed by atoms with Gasteiger partial charge in [-0.1, -0.05) is 36.4 Å².